The van der Waals surface area contributed by atoms with Crippen LogP contribution in [0.25, 0.3) is 0 Å². The summed E-state index contributed by atoms with van der Waals surface area (Å²) in [5, 5.41) is 12.3. The Morgan fingerprint density at radius 3 is 1.68 bits per heavy atom. The van der Waals surface area contributed by atoms with Crippen LogP contribution in [0.1, 0.15) is 31.8 Å². The third-order valence-corrected chi connectivity index (χ3v) is 5.04. The Bertz CT molecular complexity index is 1190. The average Bonchev–Trinajstić information content (AvgIpc) is 2.84. The summed E-state index contributed by atoms with van der Waals surface area (Å²) < 4.78 is 10.4. The highest BCUT2D eigenvalue weighted by atomic mass is 16.6. The second kappa shape index (κ2) is 10.9. The fourth-order valence-corrected chi connectivity index (χ4v) is 3.04. The third-order valence-electron chi connectivity index (χ3n) is 5.04. The second-order valence-corrected chi connectivity index (χ2v) is 7.51. The van der Waals surface area contributed by atoms with Gasteiger partial charge in [0.05, 0.1) is 11.1 Å². The zero-order valence-electron chi connectivity index (χ0n) is 18.6. The van der Waals surface area contributed by atoms with Gasteiger partial charge in [0.25, 0.3) is 5.91 Å². The minimum Gasteiger partial charge on any atom is -0.478 e. The molecule has 0 aliphatic rings. The molecule has 3 aromatic rings. The third kappa shape index (κ3) is 6.07. The Hall–Kier alpha value is -4.46. The number of esters is 2. The first kappa shape index (κ1) is 24.2. The number of carboxylic acids is 1. The molecule has 0 unspecified atom stereocenters. The number of aliphatic carboxylic acids is 1. The zero-order chi connectivity index (χ0) is 24.7. The van der Waals surface area contributed by atoms with E-state index in [9.17, 15) is 24.3 Å². The number of carboxylic acid groups (broad SMARTS) is 1. The Balaban J connectivity index is 1.91. The summed E-state index contributed by atoms with van der Waals surface area (Å²) in [4.78, 5) is 50.3. The van der Waals surface area contributed by atoms with Crippen molar-refractivity contribution in [3.63, 3.8) is 0 Å². The molecule has 0 bridgehead atoms. The van der Waals surface area contributed by atoms with E-state index >= 15 is 0 Å². The van der Waals surface area contributed by atoms with Crippen molar-refractivity contribution < 1.29 is 33.8 Å². The number of hydrogen-bond donors (Lipinski definition) is 2. The standard InChI is InChI=1S/C26H23NO7/c1-16-13-14-20(15-17(16)2)27-23(28)21(33-25(31)18-9-5-3-6-10-18)22(24(29)30)34-26(32)19-11-7-4-8-12-19/h3-15,21-22H,1-2H3,(H,27,28)(H,29,30)/t21-,22+/m1/s1. The van der Waals surface area contributed by atoms with Crippen LogP contribution in [0.2, 0.25) is 0 Å². The molecule has 0 aromatic heterocycles. The van der Waals surface area contributed by atoms with E-state index in [0.29, 0.717) is 5.69 Å². The molecule has 0 heterocycles. The molecule has 0 saturated carbocycles. The van der Waals surface area contributed by atoms with Crippen LogP contribution >= 0.6 is 0 Å². The van der Waals surface area contributed by atoms with Crippen molar-refractivity contribution in [1.29, 1.82) is 0 Å². The van der Waals surface area contributed by atoms with Crippen LogP contribution in [0, 0.1) is 13.8 Å². The number of rotatable bonds is 8. The summed E-state index contributed by atoms with van der Waals surface area (Å²) in [6.45, 7) is 3.74. The molecule has 34 heavy (non-hydrogen) atoms. The van der Waals surface area contributed by atoms with Crippen molar-refractivity contribution >= 4 is 29.5 Å². The molecule has 3 rings (SSSR count). The summed E-state index contributed by atoms with van der Waals surface area (Å²) in [6.07, 6.45) is -4.05. The van der Waals surface area contributed by atoms with Crippen molar-refractivity contribution in [2.24, 2.45) is 0 Å². The Morgan fingerprint density at radius 1 is 0.706 bits per heavy atom. The van der Waals surface area contributed by atoms with Gasteiger partial charge < -0.3 is 19.9 Å². The number of hydrogen-bond acceptors (Lipinski definition) is 6. The van der Waals surface area contributed by atoms with Crippen LogP contribution in [-0.4, -0.2) is 41.1 Å². The maximum atomic E-state index is 13.1. The van der Waals surface area contributed by atoms with Gasteiger partial charge in [-0.25, -0.2) is 14.4 Å². The summed E-state index contributed by atoms with van der Waals surface area (Å²) in [5.41, 5.74) is 2.43. The number of amides is 1. The van der Waals surface area contributed by atoms with E-state index in [2.05, 4.69) is 5.32 Å². The topological polar surface area (TPSA) is 119 Å². The maximum Gasteiger partial charge on any atom is 0.349 e. The molecule has 8 nitrogen and oxygen atoms in total. The van der Waals surface area contributed by atoms with Crippen molar-refractivity contribution in [1.82, 2.24) is 0 Å². The van der Waals surface area contributed by atoms with Gasteiger partial charge in [-0.05, 0) is 61.4 Å². The van der Waals surface area contributed by atoms with Crippen LogP contribution in [0.5, 0.6) is 0 Å². The molecule has 3 aromatic carbocycles. The number of aryl methyl sites for hydroxylation is 2. The lowest BCUT2D eigenvalue weighted by Crippen LogP contribution is -2.48. The van der Waals surface area contributed by atoms with Crippen LogP contribution in [0.15, 0.2) is 78.9 Å². The van der Waals surface area contributed by atoms with E-state index in [1.54, 1.807) is 54.6 Å². The monoisotopic (exact) mass is 461 g/mol. The van der Waals surface area contributed by atoms with Crippen molar-refractivity contribution in [2.45, 2.75) is 26.1 Å². The molecule has 0 saturated heterocycles. The summed E-state index contributed by atoms with van der Waals surface area (Å²) in [6, 6.07) is 20.5. The van der Waals surface area contributed by atoms with Gasteiger partial charge in [0, 0.05) is 5.69 Å². The van der Waals surface area contributed by atoms with E-state index in [0.717, 1.165) is 11.1 Å². The van der Waals surface area contributed by atoms with Crippen molar-refractivity contribution in [3.05, 3.63) is 101 Å². The quantitative estimate of drug-likeness (QED) is 0.490. The largest absolute Gasteiger partial charge is 0.478 e. The molecule has 0 spiro atoms. The van der Waals surface area contributed by atoms with E-state index in [1.807, 2.05) is 13.8 Å². The highest BCUT2D eigenvalue weighted by molar-refractivity contribution is 6.01. The first-order valence-electron chi connectivity index (χ1n) is 10.4. The van der Waals surface area contributed by atoms with Gasteiger partial charge in [0.1, 0.15) is 0 Å². The second-order valence-electron chi connectivity index (χ2n) is 7.51. The molecule has 2 N–H and O–H groups in total. The fraction of sp³-hybridized carbons (Fsp3) is 0.154. The van der Waals surface area contributed by atoms with Gasteiger partial charge in [0.2, 0.25) is 12.2 Å². The molecular formula is C26H23NO7. The van der Waals surface area contributed by atoms with Gasteiger partial charge in [-0.3, -0.25) is 4.79 Å². The maximum absolute atomic E-state index is 13.1. The normalized spacial score (nSPS) is 12.2. The SMILES string of the molecule is Cc1ccc(NC(=O)[C@H](OC(=O)c2ccccc2)[C@H](OC(=O)c2ccccc2)C(=O)O)cc1C. The lowest BCUT2D eigenvalue weighted by atomic mass is 10.1. The van der Waals surface area contributed by atoms with E-state index < -0.39 is 36.0 Å². The summed E-state index contributed by atoms with van der Waals surface area (Å²) >= 11 is 0. The van der Waals surface area contributed by atoms with Gasteiger partial charge >= 0.3 is 17.9 Å². The predicted octanol–water partition coefficient (Wildman–Crippen LogP) is 3.78. The van der Waals surface area contributed by atoms with Gasteiger partial charge in [0.15, 0.2) is 0 Å². The Kier molecular flexibility index (Phi) is 7.76. The number of carbonyl (C=O) groups excluding carboxylic acids is 3. The van der Waals surface area contributed by atoms with Gasteiger partial charge in [-0.1, -0.05) is 42.5 Å². The van der Waals surface area contributed by atoms with Crippen LogP contribution in [0.3, 0.4) is 0 Å². The van der Waals surface area contributed by atoms with Gasteiger partial charge in [-0.2, -0.15) is 0 Å². The lowest BCUT2D eigenvalue weighted by Gasteiger charge is -2.23. The molecule has 1 amide bonds. The van der Waals surface area contributed by atoms with Crippen LogP contribution < -0.4 is 5.32 Å². The minimum atomic E-state index is -2.09. The first-order valence-corrected chi connectivity index (χ1v) is 10.4. The Morgan fingerprint density at radius 2 is 1.21 bits per heavy atom. The molecule has 0 aliphatic carbocycles. The number of anilines is 1. The summed E-state index contributed by atoms with van der Waals surface area (Å²) in [7, 11) is 0. The zero-order valence-corrected chi connectivity index (χ0v) is 18.6. The number of nitrogens with one attached hydrogen (secondary N) is 1. The predicted molar refractivity (Wildman–Crippen MR) is 123 cm³/mol. The molecule has 0 fully saturated rings. The minimum absolute atomic E-state index is 0.0800. The Labute approximate surface area is 196 Å². The number of benzene rings is 3. The van der Waals surface area contributed by atoms with E-state index in [4.69, 9.17) is 9.47 Å². The average molecular weight is 461 g/mol. The molecule has 0 radical (unpaired) electrons. The van der Waals surface area contributed by atoms with Crippen molar-refractivity contribution in [3.8, 4) is 0 Å². The van der Waals surface area contributed by atoms with Crippen molar-refractivity contribution in [2.75, 3.05) is 5.32 Å². The smallest absolute Gasteiger partial charge is 0.349 e. The molecule has 8 heteroatoms. The lowest BCUT2D eigenvalue weighted by molar-refractivity contribution is -0.157. The summed E-state index contributed by atoms with van der Waals surface area (Å²) in [5.74, 6) is -4.53. The van der Waals surface area contributed by atoms with Crippen LogP contribution in [-0.2, 0) is 19.1 Å². The fourth-order valence-electron chi connectivity index (χ4n) is 3.04. The highest BCUT2D eigenvalue weighted by Gasteiger charge is 2.41. The molecule has 174 valence electrons. The highest BCUT2D eigenvalue weighted by Crippen LogP contribution is 2.18. The first-order chi connectivity index (χ1) is 16.3. The van der Waals surface area contributed by atoms with E-state index in [-0.39, 0.29) is 11.1 Å². The molecular weight excluding hydrogens is 438 g/mol. The molecule has 2 atom stereocenters. The molecule has 0 aliphatic heterocycles. The van der Waals surface area contributed by atoms with Crippen LogP contribution in [0.4, 0.5) is 5.69 Å². The van der Waals surface area contributed by atoms with Gasteiger partial charge in [-0.15, -0.1) is 0 Å². The number of carbonyl (C=O) groups is 4. The van der Waals surface area contributed by atoms with E-state index in [1.165, 1.54) is 24.3 Å². The number of ether oxygens (including phenoxy) is 2.